The minimum absolute atomic E-state index is 0.0758. The number of benzene rings is 2. The fraction of sp³-hybridized carbons (Fsp3) is 0.500. The van der Waals surface area contributed by atoms with Crippen LogP contribution in [0.15, 0.2) is 66.2 Å². The van der Waals surface area contributed by atoms with Gasteiger partial charge < -0.3 is 15.5 Å². The van der Waals surface area contributed by atoms with Crippen molar-refractivity contribution in [2.75, 3.05) is 14.1 Å². The number of amides is 3. The smallest absolute Gasteiger partial charge is 0.269 e. The first kappa shape index (κ1) is 39.1. The van der Waals surface area contributed by atoms with E-state index in [4.69, 9.17) is 0 Å². The molecule has 0 aliphatic rings. The summed E-state index contributed by atoms with van der Waals surface area (Å²) in [4.78, 5) is 52.6. The molecule has 0 aromatic heterocycles. The van der Waals surface area contributed by atoms with Gasteiger partial charge in [-0.3, -0.25) is 24.5 Å². The Kier molecular flexibility index (Phi) is 13.0. The topological polar surface area (TPSA) is 168 Å². The van der Waals surface area contributed by atoms with Crippen molar-refractivity contribution in [3.05, 3.63) is 87.5 Å². The lowest BCUT2D eigenvalue weighted by molar-refractivity contribution is -0.384. The monoisotopic (exact) mass is 671 g/mol. The number of hydrogen-bond acceptors (Lipinski definition) is 8. The molecule has 13 heteroatoms. The number of rotatable bonds is 14. The van der Waals surface area contributed by atoms with Crippen molar-refractivity contribution < 1.29 is 27.7 Å². The van der Waals surface area contributed by atoms with Gasteiger partial charge in [-0.15, -0.1) is 0 Å². The lowest BCUT2D eigenvalue weighted by Gasteiger charge is -2.40. The highest BCUT2D eigenvalue weighted by Crippen LogP contribution is 2.29. The quantitative estimate of drug-likeness (QED) is 0.154. The van der Waals surface area contributed by atoms with Gasteiger partial charge in [0.15, 0.2) is 0 Å². The second-order valence-corrected chi connectivity index (χ2v) is 15.5. The lowest BCUT2D eigenvalue weighted by Crippen LogP contribution is -2.61. The van der Waals surface area contributed by atoms with Crippen LogP contribution in [0.5, 0.6) is 0 Å². The van der Waals surface area contributed by atoms with E-state index in [1.165, 1.54) is 42.2 Å². The molecule has 47 heavy (non-hydrogen) atoms. The van der Waals surface area contributed by atoms with Gasteiger partial charge in [0.1, 0.15) is 6.04 Å². The summed E-state index contributed by atoms with van der Waals surface area (Å²) < 4.78 is 27.5. The van der Waals surface area contributed by atoms with Gasteiger partial charge in [0.2, 0.25) is 21.8 Å². The molecule has 2 aromatic carbocycles. The Morgan fingerprint density at radius 1 is 0.957 bits per heavy atom. The van der Waals surface area contributed by atoms with Crippen LogP contribution in [-0.4, -0.2) is 68.2 Å². The Labute approximate surface area is 278 Å². The Morgan fingerprint density at radius 2 is 1.51 bits per heavy atom. The SMILES string of the molecule is CN[C@H](C(=O)N[C@H](C(=O)N(C)[C@H](C=C(C)C(=O)NS(=O)(=O)Cc1ccc([N+](=O)[O-])cc1)C(C)C)C(C)(C)C)C(C)(C)c1ccccc1. The average Bonchev–Trinajstić information content (AvgIpc) is 2.97. The Balaban J connectivity index is 2.28. The number of nitrogens with zero attached hydrogens (tertiary/aromatic N) is 2. The number of nitro groups is 1. The molecule has 3 amide bonds. The van der Waals surface area contributed by atoms with Crippen molar-refractivity contribution in [1.29, 1.82) is 0 Å². The summed E-state index contributed by atoms with van der Waals surface area (Å²) in [6.07, 6.45) is 1.54. The maximum absolute atomic E-state index is 14.1. The Hall–Kier alpha value is -4.10. The highest BCUT2D eigenvalue weighted by Gasteiger charge is 2.41. The van der Waals surface area contributed by atoms with Crippen LogP contribution >= 0.6 is 0 Å². The van der Waals surface area contributed by atoms with E-state index in [0.717, 1.165) is 5.56 Å². The second-order valence-electron chi connectivity index (χ2n) is 13.8. The first-order chi connectivity index (χ1) is 21.6. The molecular weight excluding hydrogens is 622 g/mol. The number of sulfonamides is 1. The van der Waals surface area contributed by atoms with E-state index in [-0.39, 0.29) is 34.6 Å². The molecular formula is C34H49N5O7S. The Bertz CT molecular complexity index is 1560. The molecule has 0 spiro atoms. The summed E-state index contributed by atoms with van der Waals surface area (Å²) in [5, 5.41) is 17.0. The maximum Gasteiger partial charge on any atom is 0.269 e. The van der Waals surface area contributed by atoms with Gasteiger partial charge in [-0.2, -0.15) is 0 Å². The molecule has 0 fully saturated rings. The van der Waals surface area contributed by atoms with E-state index in [9.17, 15) is 32.9 Å². The molecule has 0 saturated carbocycles. The molecule has 12 nitrogen and oxygen atoms in total. The largest absolute Gasteiger partial charge is 0.342 e. The van der Waals surface area contributed by atoms with Gasteiger partial charge in [0.25, 0.3) is 11.6 Å². The summed E-state index contributed by atoms with van der Waals surface area (Å²) in [7, 11) is -0.844. The standard InChI is InChI=1S/C34H49N5O7S/c1-22(2)27(20-23(3)30(40)37-47(45,46)21-24-16-18-26(19-17-24)39(43)44)38(10)32(42)29(33(4,5)6)36-31(41)28(35-9)34(7,8)25-14-12-11-13-15-25/h11-20,22,27-29,35H,21H2,1-10H3,(H,36,41)(H,37,40)/t27-,28-,29-/m1/s1. The fourth-order valence-corrected chi connectivity index (χ4v) is 6.50. The number of nitrogens with one attached hydrogen (secondary N) is 3. The number of non-ortho nitro benzene ring substituents is 1. The van der Waals surface area contributed by atoms with Gasteiger partial charge in [-0.25, -0.2) is 13.1 Å². The third-order valence-electron chi connectivity index (χ3n) is 8.20. The molecule has 3 N–H and O–H groups in total. The average molecular weight is 672 g/mol. The first-order valence-corrected chi connectivity index (χ1v) is 17.0. The predicted molar refractivity (Wildman–Crippen MR) is 183 cm³/mol. The number of nitro benzene ring substituents is 1. The zero-order valence-electron chi connectivity index (χ0n) is 29.0. The van der Waals surface area contributed by atoms with Gasteiger partial charge in [0, 0.05) is 30.2 Å². The first-order valence-electron chi connectivity index (χ1n) is 15.4. The molecule has 0 aliphatic heterocycles. The highest BCUT2D eigenvalue weighted by atomic mass is 32.2. The van der Waals surface area contributed by atoms with E-state index in [1.54, 1.807) is 14.1 Å². The van der Waals surface area contributed by atoms with E-state index >= 15 is 0 Å². The fourth-order valence-electron chi connectivity index (χ4n) is 5.35. The molecule has 0 heterocycles. The van der Waals surface area contributed by atoms with Crippen molar-refractivity contribution in [2.45, 2.75) is 84.7 Å². The third-order valence-corrected chi connectivity index (χ3v) is 9.41. The van der Waals surface area contributed by atoms with Gasteiger partial charge >= 0.3 is 0 Å². The van der Waals surface area contributed by atoms with Gasteiger partial charge in [-0.1, -0.05) is 97.0 Å². The van der Waals surface area contributed by atoms with E-state index in [2.05, 4.69) is 10.6 Å². The summed E-state index contributed by atoms with van der Waals surface area (Å²) in [5.74, 6) is -2.31. The van der Waals surface area contributed by atoms with Crippen molar-refractivity contribution in [3.63, 3.8) is 0 Å². The molecule has 0 unspecified atom stereocenters. The molecule has 0 aliphatic carbocycles. The highest BCUT2D eigenvalue weighted by molar-refractivity contribution is 7.89. The van der Waals surface area contributed by atoms with Crippen LogP contribution in [0.4, 0.5) is 5.69 Å². The Morgan fingerprint density at radius 3 is 1.98 bits per heavy atom. The van der Waals surface area contributed by atoms with Crippen LogP contribution in [0.3, 0.4) is 0 Å². The van der Waals surface area contributed by atoms with Crippen LogP contribution in [0.2, 0.25) is 0 Å². The van der Waals surface area contributed by atoms with E-state index in [0.29, 0.717) is 0 Å². The molecule has 0 saturated heterocycles. The number of likely N-dealkylation sites (N-methyl/N-ethyl adjacent to an activating group) is 2. The summed E-state index contributed by atoms with van der Waals surface area (Å²) in [6.45, 7) is 14.7. The van der Waals surface area contributed by atoms with Crippen molar-refractivity contribution in [1.82, 2.24) is 20.3 Å². The van der Waals surface area contributed by atoms with Crippen molar-refractivity contribution in [2.24, 2.45) is 11.3 Å². The number of carbonyl (C=O) groups excluding carboxylic acids is 3. The molecule has 2 aromatic rings. The lowest BCUT2D eigenvalue weighted by atomic mass is 9.76. The third kappa shape index (κ3) is 10.4. The summed E-state index contributed by atoms with van der Waals surface area (Å²) in [5.41, 5.74) is -0.168. The molecule has 3 atom stereocenters. The maximum atomic E-state index is 14.1. The van der Waals surface area contributed by atoms with Gasteiger partial charge in [0.05, 0.1) is 22.8 Å². The van der Waals surface area contributed by atoms with Crippen LogP contribution in [0.25, 0.3) is 0 Å². The molecule has 258 valence electrons. The summed E-state index contributed by atoms with van der Waals surface area (Å²) >= 11 is 0. The zero-order valence-corrected chi connectivity index (χ0v) is 29.8. The molecule has 2 rings (SSSR count). The van der Waals surface area contributed by atoms with E-state index in [1.807, 2.05) is 83.5 Å². The second kappa shape index (κ2) is 15.7. The van der Waals surface area contributed by atoms with Crippen molar-refractivity contribution >= 4 is 33.4 Å². The summed E-state index contributed by atoms with van der Waals surface area (Å²) in [6, 6.07) is 12.4. The zero-order chi connectivity index (χ0) is 35.9. The van der Waals surface area contributed by atoms with Crippen LogP contribution in [0, 0.1) is 21.4 Å². The van der Waals surface area contributed by atoms with Crippen LogP contribution < -0.4 is 15.4 Å². The number of hydrogen-bond donors (Lipinski definition) is 3. The predicted octanol–water partition coefficient (Wildman–Crippen LogP) is 4.07. The number of carbonyl (C=O) groups is 3. The molecule has 0 radical (unpaired) electrons. The minimum atomic E-state index is -4.14. The van der Waals surface area contributed by atoms with Gasteiger partial charge in [-0.05, 0) is 36.4 Å². The molecule has 0 bridgehead atoms. The minimum Gasteiger partial charge on any atom is -0.342 e. The van der Waals surface area contributed by atoms with Crippen LogP contribution in [-0.2, 0) is 35.6 Å². The van der Waals surface area contributed by atoms with Crippen molar-refractivity contribution in [3.8, 4) is 0 Å². The van der Waals surface area contributed by atoms with E-state index < -0.39 is 55.6 Å². The normalized spacial score (nSPS) is 14.6. The van der Waals surface area contributed by atoms with Crippen LogP contribution in [0.1, 0.15) is 66.5 Å².